The average Bonchev–Trinajstić information content (AvgIpc) is 3.35. The first-order valence-corrected chi connectivity index (χ1v) is 14.5. The van der Waals surface area contributed by atoms with Crippen molar-refractivity contribution in [2.45, 2.75) is 19.6 Å². The summed E-state index contributed by atoms with van der Waals surface area (Å²) >= 11 is 19.0. The molecule has 1 amide bonds. The highest BCUT2D eigenvalue weighted by atomic mass is 35.5. The molecule has 0 spiro atoms. The monoisotopic (exact) mass is 637 g/mol. The molecule has 0 aliphatic rings. The minimum atomic E-state index is -0.990. The predicted molar refractivity (Wildman–Crippen MR) is 167 cm³/mol. The summed E-state index contributed by atoms with van der Waals surface area (Å²) in [5.74, 6) is 0.351. The maximum atomic E-state index is 12.7. The van der Waals surface area contributed by atoms with Gasteiger partial charge in [0.15, 0.2) is 0 Å². The van der Waals surface area contributed by atoms with Crippen molar-refractivity contribution in [1.29, 1.82) is 0 Å². The molecule has 0 radical (unpaired) electrons. The molecule has 8 nitrogen and oxygen atoms in total. The van der Waals surface area contributed by atoms with Crippen LogP contribution in [0.15, 0.2) is 84.9 Å². The Morgan fingerprint density at radius 3 is 2.28 bits per heavy atom. The molecule has 0 fully saturated rings. The van der Waals surface area contributed by atoms with Crippen LogP contribution in [-0.4, -0.2) is 39.7 Å². The van der Waals surface area contributed by atoms with Crippen LogP contribution in [0.25, 0.3) is 22.4 Å². The Hall–Kier alpha value is -4.24. The number of carboxylic acid groups (broad SMARTS) is 1. The lowest BCUT2D eigenvalue weighted by atomic mass is 10.1. The van der Waals surface area contributed by atoms with E-state index in [1.54, 1.807) is 48.5 Å². The summed E-state index contributed by atoms with van der Waals surface area (Å²) in [6.45, 7) is 0.862. The fraction of sp³-hybridized carbons (Fsp3) is 0.156. The van der Waals surface area contributed by atoms with Gasteiger partial charge in [0.25, 0.3) is 5.91 Å². The largest absolute Gasteiger partial charge is 0.490 e. The number of fused-ring (bicyclic) bond motifs is 1. The Morgan fingerprint density at radius 2 is 1.53 bits per heavy atom. The van der Waals surface area contributed by atoms with E-state index >= 15 is 0 Å². The molecule has 43 heavy (non-hydrogen) atoms. The van der Waals surface area contributed by atoms with E-state index in [9.17, 15) is 9.59 Å². The normalized spacial score (nSPS) is 11.0. The first-order valence-electron chi connectivity index (χ1n) is 13.3. The van der Waals surface area contributed by atoms with Gasteiger partial charge in [-0.1, -0.05) is 65.1 Å². The molecule has 5 aromatic rings. The Balaban J connectivity index is 1.49. The lowest BCUT2D eigenvalue weighted by molar-refractivity contribution is -0.136. The number of nitrogens with zero attached hydrogens (tertiary/aromatic N) is 2. The minimum Gasteiger partial charge on any atom is -0.490 e. The number of para-hydroxylation sites is 2. The Labute approximate surface area is 262 Å². The molecule has 1 aromatic heterocycles. The van der Waals surface area contributed by atoms with Gasteiger partial charge < -0.3 is 24.5 Å². The molecular weight excluding hydrogens is 613 g/mol. The lowest BCUT2D eigenvalue weighted by Gasteiger charge is -2.15. The number of benzene rings is 4. The van der Waals surface area contributed by atoms with Gasteiger partial charge in [-0.25, -0.2) is 4.98 Å². The van der Waals surface area contributed by atoms with Crippen LogP contribution < -0.4 is 14.8 Å². The van der Waals surface area contributed by atoms with Gasteiger partial charge in [0, 0.05) is 27.7 Å². The Kier molecular flexibility index (Phi) is 9.72. The Bertz CT molecular complexity index is 1770. The summed E-state index contributed by atoms with van der Waals surface area (Å²) in [5, 5.41) is 13.0. The smallest absolute Gasteiger partial charge is 0.305 e. The van der Waals surface area contributed by atoms with Crippen molar-refractivity contribution in [2.75, 3.05) is 13.2 Å². The zero-order valence-electron chi connectivity index (χ0n) is 22.7. The summed E-state index contributed by atoms with van der Waals surface area (Å²) in [6.07, 6.45) is -0.172. The highest BCUT2D eigenvalue weighted by Crippen LogP contribution is 2.34. The third kappa shape index (κ3) is 7.22. The van der Waals surface area contributed by atoms with Gasteiger partial charge in [0.2, 0.25) is 0 Å². The average molecular weight is 639 g/mol. The van der Waals surface area contributed by atoms with Crippen LogP contribution >= 0.6 is 34.8 Å². The summed E-state index contributed by atoms with van der Waals surface area (Å²) in [6, 6.07) is 25.2. The lowest BCUT2D eigenvalue weighted by Crippen LogP contribution is -2.25. The molecule has 0 unspecified atom stereocenters. The maximum Gasteiger partial charge on any atom is 0.305 e. The Morgan fingerprint density at radius 1 is 0.837 bits per heavy atom. The highest BCUT2D eigenvalue weighted by Gasteiger charge is 2.19. The number of aliphatic carboxylic acids is 1. The van der Waals surface area contributed by atoms with E-state index in [1.807, 2.05) is 41.0 Å². The van der Waals surface area contributed by atoms with Crippen molar-refractivity contribution in [1.82, 2.24) is 14.9 Å². The van der Waals surface area contributed by atoms with Gasteiger partial charge in [-0.3, -0.25) is 9.59 Å². The quantitative estimate of drug-likeness (QED) is 0.147. The molecule has 0 aliphatic carbocycles. The van der Waals surface area contributed by atoms with Crippen molar-refractivity contribution >= 4 is 57.7 Å². The van der Waals surface area contributed by atoms with E-state index < -0.39 is 5.97 Å². The zero-order chi connectivity index (χ0) is 30.3. The van der Waals surface area contributed by atoms with E-state index in [0.717, 1.165) is 5.52 Å². The first kappa shape index (κ1) is 30.2. The van der Waals surface area contributed by atoms with Crippen molar-refractivity contribution in [2.24, 2.45) is 0 Å². The number of imidazole rings is 1. The molecule has 1 heterocycles. The third-order valence-corrected chi connectivity index (χ3v) is 7.63. The molecule has 11 heteroatoms. The number of rotatable bonds is 12. The van der Waals surface area contributed by atoms with Crippen LogP contribution in [0, 0.1) is 0 Å². The molecule has 0 saturated carbocycles. The number of hydrogen-bond donors (Lipinski definition) is 2. The van der Waals surface area contributed by atoms with Gasteiger partial charge in [0.1, 0.15) is 30.5 Å². The van der Waals surface area contributed by atoms with Crippen molar-refractivity contribution < 1.29 is 24.2 Å². The number of aromatic nitrogens is 2. The fourth-order valence-electron chi connectivity index (χ4n) is 4.49. The van der Waals surface area contributed by atoms with Gasteiger partial charge in [-0.2, -0.15) is 0 Å². The van der Waals surface area contributed by atoms with Crippen molar-refractivity contribution in [3.8, 4) is 22.9 Å². The van der Waals surface area contributed by atoms with Gasteiger partial charge in [0.05, 0.1) is 34.6 Å². The second kappa shape index (κ2) is 13.8. The van der Waals surface area contributed by atoms with Crippen LogP contribution in [0.5, 0.6) is 11.5 Å². The number of carbonyl (C=O) groups is 2. The topological polar surface area (TPSA) is 103 Å². The SMILES string of the molecule is O=C(O)CCNC(=O)c1ccc2c(c1)nc(-c1ccccc1OCc1c(Cl)cccc1Cl)n2CCOc1ccccc1Cl. The number of ether oxygens (including phenoxy) is 2. The summed E-state index contributed by atoms with van der Waals surface area (Å²) in [4.78, 5) is 28.5. The number of halogens is 3. The first-order chi connectivity index (χ1) is 20.8. The van der Waals surface area contributed by atoms with E-state index in [1.165, 1.54) is 0 Å². The molecular formula is C32H26Cl3N3O5. The highest BCUT2D eigenvalue weighted by molar-refractivity contribution is 6.36. The molecule has 0 aliphatic heterocycles. The molecule has 220 valence electrons. The predicted octanol–water partition coefficient (Wildman–Crippen LogP) is 7.53. The molecule has 2 N–H and O–H groups in total. The minimum absolute atomic E-state index is 0.0193. The maximum absolute atomic E-state index is 12.7. The standard InChI is InChI=1S/C32H26Cl3N3O5/c33-23-8-5-9-24(34)22(23)19-43-28-10-3-1-6-21(28)31-37-26-18-20(32(41)36-15-14-30(39)40)12-13-27(26)38(31)16-17-42-29-11-4-2-7-25(29)35/h1-13,18H,14-17,19H2,(H,36,41)(H,39,40). The number of carbonyl (C=O) groups excluding carboxylic acids is 1. The molecule has 5 rings (SSSR count). The number of amides is 1. The fourth-order valence-corrected chi connectivity index (χ4v) is 5.19. The van der Waals surface area contributed by atoms with Gasteiger partial charge in [-0.05, 0) is 54.6 Å². The van der Waals surface area contributed by atoms with Gasteiger partial charge in [-0.15, -0.1) is 0 Å². The van der Waals surface area contributed by atoms with Gasteiger partial charge >= 0.3 is 5.97 Å². The van der Waals surface area contributed by atoms with Crippen LogP contribution in [0.2, 0.25) is 15.1 Å². The summed E-state index contributed by atoms with van der Waals surface area (Å²) in [7, 11) is 0. The van der Waals surface area contributed by atoms with E-state index in [-0.39, 0.29) is 32.1 Å². The third-order valence-electron chi connectivity index (χ3n) is 6.61. The van der Waals surface area contributed by atoms with E-state index in [0.29, 0.717) is 61.1 Å². The second-order valence-electron chi connectivity index (χ2n) is 9.45. The van der Waals surface area contributed by atoms with Crippen LogP contribution in [0.3, 0.4) is 0 Å². The number of hydrogen-bond acceptors (Lipinski definition) is 5. The molecule has 0 saturated heterocycles. The van der Waals surface area contributed by atoms with Crippen molar-refractivity contribution in [3.05, 3.63) is 111 Å². The van der Waals surface area contributed by atoms with Crippen molar-refractivity contribution in [3.63, 3.8) is 0 Å². The summed E-state index contributed by atoms with van der Waals surface area (Å²) in [5.41, 5.74) is 3.08. The molecule has 4 aromatic carbocycles. The summed E-state index contributed by atoms with van der Waals surface area (Å²) < 4.78 is 14.2. The van der Waals surface area contributed by atoms with Crippen LogP contribution in [-0.2, 0) is 17.9 Å². The van der Waals surface area contributed by atoms with Crippen LogP contribution in [0.1, 0.15) is 22.3 Å². The van der Waals surface area contributed by atoms with E-state index in [4.69, 9.17) is 54.4 Å². The zero-order valence-corrected chi connectivity index (χ0v) is 25.0. The molecule has 0 atom stereocenters. The number of nitrogens with one attached hydrogen (secondary N) is 1. The van der Waals surface area contributed by atoms with Crippen LogP contribution in [0.4, 0.5) is 0 Å². The number of carboxylic acids is 1. The van der Waals surface area contributed by atoms with E-state index in [2.05, 4.69) is 5.32 Å². The second-order valence-corrected chi connectivity index (χ2v) is 10.7. The molecule has 0 bridgehead atoms.